The molecule has 0 aliphatic carbocycles. The van der Waals surface area contributed by atoms with E-state index in [1.807, 2.05) is 0 Å². The molecule has 2 heteroatoms. The topological polar surface area (TPSA) is 29.3 Å². The van der Waals surface area contributed by atoms with Crippen LogP contribution >= 0.6 is 0 Å². The molecular weight excluding hydrogens is 160 g/mol. The van der Waals surface area contributed by atoms with Crippen LogP contribution in [0.3, 0.4) is 0 Å². The van der Waals surface area contributed by atoms with Crippen molar-refractivity contribution >= 4 is 0 Å². The molecular formula is C11H26N2. The Morgan fingerprint density at radius 1 is 1.23 bits per heavy atom. The summed E-state index contributed by atoms with van der Waals surface area (Å²) in [5.74, 6) is 1.46. The van der Waals surface area contributed by atoms with Crippen molar-refractivity contribution in [2.45, 2.75) is 33.6 Å². The summed E-state index contributed by atoms with van der Waals surface area (Å²) in [6.07, 6.45) is 2.65. The van der Waals surface area contributed by atoms with Gasteiger partial charge in [0.05, 0.1) is 0 Å². The summed E-state index contributed by atoms with van der Waals surface area (Å²) in [6, 6.07) is 0. The summed E-state index contributed by atoms with van der Waals surface area (Å²) in [5, 5.41) is 0. The van der Waals surface area contributed by atoms with Gasteiger partial charge < -0.3 is 10.6 Å². The molecule has 2 N–H and O–H groups in total. The molecule has 13 heavy (non-hydrogen) atoms. The first kappa shape index (κ1) is 12.9. The van der Waals surface area contributed by atoms with E-state index >= 15 is 0 Å². The van der Waals surface area contributed by atoms with Crippen LogP contribution in [0.2, 0.25) is 0 Å². The summed E-state index contributed by atoms with van der Waals surface area (Å²) in [7, 11) is 2.19. The number of hydrogen-bond acceptors (Lipinski definition) is 2. The van der Waals surface area contributed by atoms with Crippen LogP contribution in [-0.4, -0.2) is 31.6 Å². The van der Waals surface area contributed by atoms with E-state index in [2.05, 4.69) is 32.7 Å². The lowest BCUT2D eigenvalue weighted by Gasteiger charge is -2.20. The smallest absolute Gasteiger partial charge is 0.00160 e. The quantitative estimate of drug-likeness (QED) is 0.658. The fraction of sp³-hybridized carbons (Fsp3) is 1.00. The van der Waals surface area contributed by atoms with E-state index in [9.17, 15) is 0 Å². The highest BCUT2D eigenvalue weighted by Gasteiger charge is 2.04. The Hall–Kier alpha value is -0.0800. The van der Waals surface area contributed by atoms with Gasteiger partial charge in [-0.05, 0) is 44.8 Å². The van der Waals surface area contributed by atoms with Crippen LogP contribution in [0.1, 0.15) is 33.6 Å². The van der Waals surface area contributed by atoms with Crippen molar-refractivity contribution in [2.75, 3.05) is 26.7 Å². The van der Waals surface area contributed by atoms with Crippen molar-refractivity contribution in [3.63, 3.8) is 0 Å². The SMILES string of the molecule is CC(C)CCCN(C)CC(C)CN. The van der Waals surface area contributed by atoms with Gasteiger partial charge >= 0.3 is 0 Å². The Kier molecular flexibility index (Phi) is 7.29. The molecule has 1 atom stereocenters. The Morgan fingerprint density at radius 3 is 2.31 bits per heavy atom. The monoisotopic (exact) mass is 186 g/mol. The fourth-order valence-corrected chi connectivity index (χ4v) is 1.47. The third-order valence-corrected chi connectivity index (χ3v) is 2.35. The predicted molar refractivity (Wildman–Crippen MR) is 59.8 cm³/mol. The molecule has 0 aromatic rings. The van der Waals surface area contributed by atoms with E-state index in [0.717, 1.165) is 19.0 Å². The van der Waals surface area contributed by atoms with Crippen LogP contribution in [0.25, 0.3) is 0 Å². The van der Waals surface area contributed by atoms with Crippen molar-refractivity contribution < 1.29 is 0 Å². The lowest BCUT2D eigenvalue weighted by atomic mass is 10.1. The summed E-state index contributed by atoms with van der Waals surface area (Å²) in [5.41, 5.74) is 5.57. The van der Waals surface area contributed by atoms with Crippen LogP contribution in [0.15, 0.2) is 0 Å². The van der Waals surface area contributed by atoms with Gasteiger partial charge in [-0.25, -0.2) is 0 Å². The first-order chi connectivity index (χ1) is 6.06. The molecule has 0 aliphatic heterocycles. The van der Waals surface area contributed by atoms with E-state index in [1.165, 1.54) is 19.4 Å². The number of nitrogens with zero attached hydrogens (tertiary/aromatic N) is 1. The standard InChI is InChI=1S/C11H26N2/c1-10(2)6-5-7-13(4)9-11(3)8-12/h10-11H,5-9,12H2,1-4H3. The molecule has 0 aromatic heterocycles. The molecule has 0 aromatic carbocycles. The van der Waals surface area contributed by atoms with Gasteiger partial charge in [0.15, 0.2) is 0 Å². The molecule has 0 heterocycles. The normalized spacial score (nSPS) is 14.1. The van der Waals surface area contributed by atoms with Crippen LogP contribution in [0, 0.1) is 11.8 Å². The number of hydrogen-bond donors (Lipinski definition) is 1. The molecule has 0 saturated heterocycles. The Balaban J connectivity index is 3.34. The zero-order chi connectivity index (χ0) is 10.3. The third-order valence-electron chi connectivity index (χ3n) is 2.35. The molecule has 0 spiro atoms. The first-order valence-corrected chi connectivity index (χ1v) is 5.44. The van der Waals surface area contributed by atoms with Gasteiger partial charge in [0.2, 0.25) is 0 Å². The second-order valence-corrected chi connectivity index (χ2v) is 4.64. The highest BCUT2D eigenvalue weighted by Crippen LogP contribution is 2.05. The van der Waals surface area contributed by atoms with Gasteiger partial charge in [0, 0.05) is 6.54 Å². The molecule has 0 radical (unpaired) electrons. The van der Waals surface area contributed by atoms with Gasteiger partial charge in [-0.3, -0.25) is 0 Å². The van der Waals surface area contributed by atoms with Gasteiger partial charge in [0.25, 0.3) is 0 Å². The molecule has 80 valence electrons. The maximum Gasteiger partial charge on any atom is 0.00160 e. The van der Waals surface area contributed by atoms with Gasteiger partial charge in [-0.15, -0.1) is 0 Å². The Labute approximate surface area is 83.5 Å². The van der Waals surface area contributed by atoms with E-state index < -0.39 is 0 Å². The number of nitrogens with two attached hydrogens (primary N) is 1. The summed E-state index contributed by atoms with van der Waals surface area (Å²) in [4.78, 5) is 2.39. The highest BCUT2D eigenvalue weighted by atomic mass is 15.1. The molecule has 0 fully saturated rings. The maximum absolute atomic E-state index is 5.57. The Bertz CT molecular complexity index is 113. The first-order valence-electron chi connectivity index (χ1n) is 5.44. The minimum absolute atomic E-state index is 0.629. The lowest BCUT2D eigenvalue weighted by Crippen LogP contribution is -2.29. The summed E-state index contributed by atoms with van der Waals surface area (Å²) in [6.45, 7) is 9.91. The molecule has 0 saturated carbocycles. The van der Waals surface area contributed by atoms with Crippen LogP contribution in [0.4, 0.5) is 0 Å². The lowest BCUT2D eigenvalue weighted by molar-refractivity contribution is 0.278. The van der Waals surface area contributed by atoms with Crippen molar-refractivity contribution in [1.29, 1.82) is 0 Å². The average Bonchev–Trinajstić information content (AvgIpc) is 2.03. The van der Waals surface area contributed by atoms with Gasteiger partial charge in [0.1, 0.15) is 0 Å². The van der Waals surface area contributed by atoms with Crippen molar-refractivity contribution in [3.8, 4) is 0 Å². The van der Waals surface area contributed by atoms with Crippen molar-refractivity contribution in [3.05, 3.63) is 0 Å². The molecule has 0 amide bonds. The van der Waals surface area contributed by atoms with Crippen LogP contribution in [-0.2, 0) is 0 Å². The molecule has 0 bridgehead atoms. The molecule has 1 unspecified atom stereocenters. The third kappa shape index (κ3) is 8.26. The summed E-state index contributed by atoms with van der Waals surface area (Å²) >= 11 is 0. The van der Waals surface area contributed by atoms with Crippen molar-refractivity contribution in [1.82, 2.24) is 4.90 Å². The summed E-state index contributed by atoms with van der Waals surface area (Å²) < 4.78 is 0. The van der Waals surface area contributed by atoms with Crippen molar-refractivity contribution in [2.24, 2.45) is 17.6 Å². The largest absolute Gasteiger partial charge is 0.330 e. The fourth-order valence-electron chi connectivity index (χ4n) is 1.47. The minimum Gasteiger partial charge on any atom is -0.330 e. The van der Waals surface area contributed by atoms with E-state index in [-0.39, 0.29) is 0 Å². The van der Waals surface area contributed by atoms with E-state index in [1.54, 1.807) is 0 Å². The van der Waals surface area contributed by atoms with Crippen LogP contribution < -0.4 is 5.73 Å². The Morgan fingerprint density at radius 2 is 1.85 bits per heavy atom. The zero-order valence-electron chi connectivity index (χ0n) is 9.71. The number of rotatable bonds is 7. The average molecular weight is 186 g/mol. The van der Waals surface area contributed by atoms with E-state index in [0.29, 0.717) is 5.92 Å². The highest BCUT2D eigenvalue weighted by molar-refractivity contribution is 4.60. The van der Waals surface area contributed by atoms with E-state index in [4.69, 9.17) is 5.73 Å². The molecule has 2 nitrogen and oxygen atoms in total. The van der Waals surface area contributed by atoms with Crippen LogP contribution in [0.5, 0.6) is 0 Å². The second-order valence-electron chi connectivity index (χ2n) is 4.64. The molecule has 0 rings (SSSR count). The predicted octanol–water partition coefficient (Wildman–Crippen LogP) is 1.95. The second kappa shape index (κ2) is 7.34. The maximum atomic E-state index is 5.57. The minimum atomic E-state index is 0.629. The zero-order valence-corrected chi connectivity index (χ0v) is 9.71. The van der Waals surface area contributed by atoms with Gasteiger partial charge in [-0.1, -0.05) is 20.8 Å². The van der Waals surface area contributed by atoms with Gasteiger partial charge in [-0.2, -0.15) is 0 Å². The molecule has 0 aliphatic rings.